The summed E-state index contributed by atoms with van der Waals surface area (Å²) in [7, 11) is 0. The van der Waals surface area contributed by atoms with Crippen molar-refractivity contribution in [3.05, 3.63) is 57.8 Å². The quantitative estimate of drug-likeness (QED) is 0.413. The molecule has 2 aromatic heterocycles. The van der Waals surface area contributed by atoms with E-state index in [2.05, 4.69) is 41.8 Å². The Morgan fingerprint density at radius 3 is 1.27 bits per heavy atom. The summed E-state index contributed by atoms with van der Waals surface area (Å²) in [4.78, 5) is 24.5. The Kier molecular flexibility index (Phi) is 17.4. The first-order valence-electron chi connectivity index (χ1n) is 6.16. The fraction of sp³-hybridized carbons (Fsp3) is 0. The smallest absolute Gasteiger partial charge is 0.270 e. The molecule has 26 heavy (non-hydrogen) atoms. The number of carbonyl (C=O) groups is 2. The molecular weight excluding hydrogens is 480 g/mol. The highest BCUT2D eigenvalue weighted by atomic mass is 79.9. The van der Waals surface area contributed by atoms with Gasteiger partial charge in [0.1, 0.15) is 12.4 Å². The van der Waals surface area contributed by atoms with Crippen molar-refractivity contribution in [1.82, 2.24) is 0 Å². The van der Waals surface area contributed by atoms with Crippen LogP contribution in [0.3, 0.4) is 0 Å². The molecule has 10 nitrogen and oxygen atoms in total. The van der Waals surface area contributed by atoms with E-state index in [9.17, 15) is 19.8 Å². The monoisotopic (exact) mass is 496 g/mol. The maximum atomic E-state index is 9.41. The normalized spacial score (nSPS) is 8.54. The van der Waals surface area contributed by atoms with Gasteiger partial charge < -0.3 is 30.8 Å². The van der Waals surface area contributed by atoms with Gasteiger partial charge in [-0.05, 0) is 56.1 Å². The average molecular weight is 498 g/mol. The molecule has 144 valence electrons. The Hall–Kier alpha value is -2.54. The minimum atomic E-state index is -1.55. The van der Waals surface area contributed by atoms with Gasteiger partial charge in [0.25, 0.3) is 11.6 Å². The van der Waals surface area contributed by atoms with Crippen molar-refractivity contribution in [3.63, 3.8) is 0 Å². The maximum absolute atomic E-state index is 9.41. The molecule has 2 aromatic rings. The molecule has 0 saturated carbocycles. The Morgan fingerprint density at radius 2 is 1.12 bits per heavy atom. The largest absolute Gasteiger partial charge is 0.545 e. The lowest BCUT2D eigenvalue weighted by Gasteiger charge is -1.90. The summed E-state index contributed by atoms with van der Waals surface area (Å²) in [6.45, 7) is 0. The maximum Gasteiger partial charge on any atom is 0.270 e. The van der Waals surface area contributed by atoms with E-state index in [4.69, 9.17) is 11.5 Å². The summed E-state index contributed by atoms with van der Waals surface area (Å²) < 4.78 is 2.01. The van der Waals surface area contributed by atoms with Crippen molar-refractivity contribution < 1.29 is 40.7 Å². The van der Waals surface area contributed by atoms with Crippen LogP contribution in [-0.2, 0) is 9.59 Å². The number of H-pyrrole nitrogens is 2. The highest BCUT2D eigenvalue weighted by molar-refractivity contribution is 9.10. The minimum Gasteiger partial charge on any atom is -0.545 e. The molecule has 12 heteroatoms. The number of aliphatic carboxylic acids is 2. The standard InChI is InChI=1S/2C5H5BrN2.C4H4O4.2H2O/c2*6-4-1-2-5(7)8-3-4;5-3(6)1-2-4(7)8;;/h2*1-3H,(H2,7,8);1-2H,(H,5,6)(H,7,8);2*1H2/b;;2-1+;;. The van der Waals surface area contributed by atoms with E-state index in [1.165, 1.54) is 0 Å². The van der Waals surface area contributed by atoms with Crippen molar-refractivity contribution in [2.24, 2.45) is 0 Å². The molecule has 0 aliphatic rings. The topological polar surface area (TPSA) is 224 Å². The summed E-state index contributed by atoms with van der Waals surface area (Å²) in [5.74, 6) is -1.75. The zero-order chi connectivity index (χ0) is 18.5. The molecule has 2 rings (SSSR count). The molecule has 10 N–H and O–H groups in total. The highest BCUT2D eigenvalue weighted by Gasteiger charge is 1.89. The van der Waals surface area contributed by atoms with Gasteiger partial charge in [0, 0.05) is 12.1 Å². The lowest BCUT2D eigenvalue weighted by molar-refractivity contribution is -0.361. The molecule has 0 aliphatic carbocycles. The average Bonchev–Trinajstić information content (AvgIpc) is 2.52. The Morgan fingerprint density at radius 1 is 0.808 bits per heavy atom. The number of carboxylic acids is 2. The van der Waals surface area contributed by atoms with E-state index < -0.39 is 11.9 Å². The molecule has 0 atom stereocenters. The number of aromatic amines is 2. The number of aromatic nitrogens is 2. The number of carbonyl (C=O) groups excluding carboxylic acids is 2. The minimum absolute atomic E-state index is 0. The molecule has 0 aliphatic heterocycles. The van der Waals surface area contributed by atoms with Gasteiger partial charge in [0.15, 0.2) is 0 Å². The Balaban J connectivity index is -0.000000294. The number of nitrogens with two attached hydrogens (primary N) is 2. The fourth-order valence-electron chi connectivity index (χ4n) is 0.972. The van der Waals surface area contributed by atoms with E-state index in [0.29, 0.717) is 23.8 Å². The second kappa shape index (κ2) is 16.0. The molecule has 0 spiro atoms. The van der Waals surface area contributed by atoms with E-state index in [1.54, 1.807) is 24.5 Å². The van der Waals surface area contributed by atoms with E-state index in [0.717, 1.165) is 8.95 Å². The zero-order valence-electron chi connectivity index (χ0n) is 13.2. The van der Waals surface area contributed by atoms with Gasteiger partial charge in [-0.2, -0.15) is 0 Å². The lowest BCUT2D eigenvalue weighted by Crippen LogP contribution is -2.23. The molecule has 0 radical (unpaired) electrons. The summed E-state index contributed by atoms with van der Waals surface area (Å²) >= 11 is 6.52. The summed E-state index contributed by atoms with van der Waals surface area (Å²) in [5.41, 5.74) is 10.7. The van der Waals surface area contributed by atoms with Crippen LogP contribution in [0.5, 0.6) is 0 Å². The number of hydrogen-bond donors (Lipinski definition) is 2. The predicted molar refractivity (Wildman–Crippen MR) is 96.6 cm³/mol. The molecule has 0 saturated heterocycles. The van der Waals surface area contributed by atoms with Crippen LogP contribution in [0.15, 0.2) is 57.8 Å². The first kappa shape index (κ1) is 28.3. The highest BCUT2D eigenvalue weighted by Crippen LogP contribution is 2.04. The van der Waals surface area contributed by atoms with Crippen LogP contribution < -0.4 is 31.6 Å². The van der Waals surface area contributed by atoms with Crippen molar-refractivity contribution in [3.8, 4) is 0 Å². The summed E-state index contributed by atoms with van der Waals surface area (Å²) in [5, 5.41) is 18.8. The molecule has 2 heterocycles. The van der Waals surface area contributed by atoms with Gasteiger partial charge in [-0.1, -0.05) is 0 Å². The van der Waals surface area contributed by atoms with Crippen LogP contribution in [0.1, 0.15) is 0 Å². The van der Waals surface area contributed by atoms with Crippen LogP contribution >= 0.6 is 31.9 Å². The number of anilines is 2. The third-order valence-electron chi connectivity index (χ3n) is 1.95. The predicted octanol–water partition coefficient (Wildman–Crippen LogP) is -2.92. The number of nitrogen functional groups attached to an aromatic ring is 2. The number of rotatable bonds is 2. The van der Waals surface area contributed by atoms with Crippen LogP contribution in [0.2, 0.25) is 0 Å². The lowest BCUT2D eigenvalue weighted by atomic mass is 10.5. The number of nitrogens with one attached hydrogen (secondary N) is 2. The van der Waals surface area contributed by atoms with Crippen molar-refractivity contribution in [2.45, 2.75) is 0 Å². The fourth-order valence-corrected chi connectivity index (χ4v) is 1.47. The van der Waals surface area contributed by atoms with Crippen LogP contribution in [0, 0.1) is 0 Å². The molecular formula is C14H18Br2N4O6. The van der Waals surface area contributed by atoms with Crippen molar-refractivity contribution in [2.75, 3.05) is 11.5 Å². The van der Waals surface area contributed by atoms with E-state index in [1.807, 2.05) is 12.1 Å². The third kappa shape index (κ3) is 17.8. The van der Waals surface area contributed by atoms with E-state index >= 15 is 0 Å². The van der Waals surface area contributed by atoms with Crippen LogP contribution in [0.25, 0.3) is 0 Å². The summed E-state index contributed by atoms with van der Waals surface area (Å²) in [6, 6.07) is 7.35. The zero-order valence-corrected chi connectivity index (χ0v) is 16.3. The van der Waals surface area contributed by atoms with Crippen LogP contribution in [-0.4, -0.2) is 22.9 Å². The Bertz CT molecular complexity index is 579. The first-order valence-corrected chi connectivity index (χ1v) is 7.74. The number of carboxylic acid groups (broad SMARTS) is 2. The van der Waals surface area contributed by atoms with Gasteiger partial charge in [-0.3, -0.25) is 11.5 Å². The van der Waals surface area contributed by atoms with Gasteiger partial charge in [-0.25, -0.2) is 9.97 Å². The Labute approximate surface area is 165 Å². The van der Waals surface area contributed by atoms with Gasteiger partial charge in [0.2, 0.25) is 0 Å². The van der Waals surface area contributed by atoms with E-state index in [-0.39, 0.29) is 11.0 Å². The molecule has 0 aromatic carbocycles. The molecule has 0 amide bonds. The summed E-state index contributed by atoms with van der Waals surface area (Å²) in [6.07, 6.45) is 4.34. The second-order valence-corrected chi connectivity index (χ2v) is 5.73. The van der Waals surface area contributed by atoms with Crippen LogP contribution in [0.4, 0.5) is 11.6 Å². The van der Waals surface area contributed by atoms with Crippen molar-refractivity contribution >= 4 is 55.4 Å². The van der Waals surface area contributed by atoms with Gasteiger partial charge in [-0.15, -0.1) is 0 Å². The number of hydrogen-bond acceptors (Lipinski definition) is 6. The third-order valence-corrected chi connectivity index (χ3v) is 2.94. The number of pyridine rings is 2. The second-order valence-electron chi connectivity index (χ2n) is 3.90. The molecule has 0 unspecified atom stereocenters. The van der Waals surface area contributed by atoms with Gasteiger partial charge in [0.05, 0.1) is 20.9 Å². The SMILES string of the molecule is Nc1ccc(Br)c[nH+]1.Nc1ccc(Br)c[nH+]1.O.O.O=C([O-])/C=C/C(=O)[O-]. The number of halogens is 2. The molecule has 0 bridgehead atoms. The van der Waals surface area contributed by atoms with Gasteiger partial charge >= 0.3 is 0 Å². The first-order chi connectivity index (χ1) is 11.2. The van der Waals surface area contributed by atoms with Crippen molar-refractivity contribution in [1.29, 1.82) is 0 Å². The molecule has 0 fully saturated rings.